The van der Waals surface area contributed by atoms with Crippen LogP contribution in [0.25, 0.3) is 11.4 Å². The van der Waals surface area contributed by atoms with E-state index in [0.29, 0.717) is 24.2 Å². The summed E-state index contributed by atoms with van der Waals surface area (Å²) in [6.45, 7) is 0.232. The van der Waals surface area contributed by atoms with E-state index in [1.165, 1.54) is 6.07 Å². The fraction of sp³-hybridized carbons (Fsp3) is 0.333. The molecule has 0 spiro atoms. The van der Waals surface area contributed by atoms with Gasteiger partial charge in [0.25, 0.3) is 0 Å². The predicted octanol–water partition coefficient (Wildman–Crippen LogP) is 3.22. The van der Waals surface area contributed by atoms with Crippen LogP contribution in [0.2, 0.25) is 0 Å². The normalized spacial score (nSPS) is 18.0. The lowest BCUT2D eigenvalue weighted by Crippen LogP contribution is -2.26. The van der Waals surface area contributed by atoms with Crippen LogP contribution in [-0.2, 0) is 23.9 Å². The molecule has 2 heterocycles. The van der Waals surface area contributed by atoms with Crippen LogP contribution < -0.4 is 0 Å². The van der Waals surface area contributed by atoms with Crippen molar-refractivity contribution >= 4 is 5.97 Å². The third kappa shape index (κ3) is 2.58. The Morgan fingerprint density at radius 2 is 2.14 bits per heavy atom. The second-order valence-corrected chi connectivity index (χ2v) is 5.34. The van der Waals surface area contributed by atoms with E-state index in [2.05, 4.69) is 4.98 Å². The van der Waals surface area contributed by atoms with Crippen molar-refractivity contribution in [3.05, 3.63) is 41.7 Å². The summed E-state index contributed by atoms with van der Waals surface area (Å²) in [5, 5.41) is 9.13. The molecule has 1 aromatic carbocycles. The lowest BCUT2D eigenvalue weighted by atomic mass is 9.98. The number of aliphatic carboxylic acids is 1. The number of aromatic nitrogens is 2. The quantitative estimate of drug-likeness (QED) is 0.926. The van der Waals surface area contributed by atoms with E-state index in [9.17, 15) is 18.0 Å². The van der Waals surface area contributed by atoms with Gasteiger partial charge in [0, 0.05) is 24.0 Å². The topological polar surface area (TPSA) is 55.1 Å². The van der Waals surface area contributed by atoms with Gasteiger partial charge in [-0.3, -0.25) is 4.79 Å². The molecular formula is C15H13F3N2O2. The SMILES string of the molecule is O=C(O)C1CCc2cnc(-c3cccc(C(F)(F)F)c3)n2C1. The molecule has 0 bridgehead atoms. The number of halogens is 3. The molecule has 1 unspecified atom stereocenters. The van der Waals surface area contributed by atoms with Crippen LogP contribution in [0.1, 0.15) is 17.7 Å². The highest BCUT2D eigenvalue weighted by Crippen LogP contribution is 2.33. The van der Waals surface area contributed by atoms with Gasteiger partial charge in [0.05, 0.1) is 11.5 Å². The van der Waals surface area contributed by atoms with Crippen LogP contribution in [0.15, 0.2) is 30.5 Å². The molecule has 1 atom stereocenters. The van der Waals surface area contributed by atoms with E-state index in [0.717, 1.165) is 17.8 Å². The molecule has 0 saturated carbocycles. The number of hydrogen-bond donors (Lipinski definition) is 1. The monoisotopic (exact) mass is 310 g/mol. The zero-order chi connectivity index (χ0) is 15.9. The van der Waals surface area contributed by atoms with E-state index in [-0.39, 0.29) is 6.54 Å². The van der Waals surface area contributed by atoms with Crippen molar-refractivity contribution in [3.63, 3.8) is 0 Å². The Morgan fingerprint density at radius 1 is 1.36 bits per heavy atom. The minimum absolute atomic E-state index is 0.232. The fourth-order valence-electron chi connectivity index (χ4n) is 2.71. The van der Waals surface area contributed by atoms with Gasteiger partial charge in [-0.15, -0.1) is 0 Å². The van der Waals surface area contributed by atoms with Gasteiger partial charge in [-0.1, -0.05) is 12.1 Å². The van der Waals surface area contributed by atoms with Crippen LogP contribution >= 0.6 is 0 Å². The lowest BCUT2D eigenvalue weighted by molar-refractivity contribution is -0.142. The Hall–Kier alpha value is -2.31. The van der Waals surface area contributed by atoms with Gasteiger partial charge in [0.2, 0.25) is 0 Å². The first-order valence-electron chi connectivity index (χ1n) is 6.81. The first-order chi connectivity index (χ1) is 10.4. The summed E-state index contributed by atoms with van der Waals surface area (Å²) in [6, 6.07) is 4.93. The Balaban J connectivity index is 2.01. The highest BCUT2D eigenvalue weighted by Gasteiger charge is 2.31. The van der Waals surface area contributed by atoms with Crippen LogP contribution in [0.5, 0.6) is 0 Å². The molecule has 7 heteroatoms. The molecule has 3 rings (SSSR count). The van der Waals surface area contributed by atoms with Crippen molar-refractivity contribution in [2.75, 3.05) is 0 Å². The van der Waals surface area contributed by atoms with Crippen LogP contribution in [-0.4, -0.2) is 20.6 Å². The van der Waals surface area contributed by atoms with Gasteiger partial charge in [-0.25, -0.2) is 4.98 Å². The standard InChI is InChI=1S/C15H13F3N2O2/c16-15(17,18)11-3-1-2-9(6-11)13-19-7-12-5-4-10(14(21)22)8-20(12)13/h1-3,6-7,10H,4-5,8H2,(H,21,22). The highest BCUT2D eigenvalue weighted by molar-refractivity contribution is 5.70. The summed E-state index contributed by atoms with van der Waals surface area (Å²) in [6.07, 6.45) is -1.74. The highest BCUT2D eigenvalue weighted by atomic mass is 19.4. The Morgan fingerprint density at radius 3 is 2.82 bits per heavy atom. The number of nitrogens with zero attached hydrogens (tertiary/aromatic N) is 2. The van der Waals surface area contributed by atoms with Crippen molar-refractivity contribution in [2.24, 2.45) is 5.92 Å². The molecule has 4 nitrogen and oxygen atoms in total. The number of alkyl halides is 3. The van der Waals surface area contributed by atoms with E-state index >= 15 is 0 Å². The smallest absolute Gasteiger partial charge is 0.416 e. The van der Waals surface area contributed by atoms with Crippen molar-refractivity contribution in [3.8, 4) is 11.4 Å². The Labute approximate surface area is 124 Å². The van der Waals surface area contributed by atoms with Crippen LogP contribution in [0.4, 0.5) is 13.2 Å². The number of imidazole rings is 1. The first-order valence-corrected chi connectivity index (χ1v) is 6.81. The van der Waals surface area contributed by atoms with E-state index in [1.54, 1.807) is 16.8 Å². The zero-order valence-corrected chi connectivity index (χ0v) is 11.5. The lowest BCUT2D eigenvalue weighted by Gasteiger charge is -2.22. The summed E-state index contributed by atoms with van der Waals surface area (Å²) in [7, 11) is 0. The number of carbonyl (C=O) groups is 1. The molecule has 2 aromatic rings. The van der Waals surface area contributed by atoms with Gasteiger partial charge >= 0.3 is 12.1 Å². The maximum absolute atomic E-state index is 12.8. The van der Waals surface area contributed by atoms with Crippen molar-refractivity contribution in [1.82, 2.24) is 9.55 Å². The van der Waals surface area contributed by atoms with E-state index < -0.39 is 23.6 Å². The summed E-state index contributed by atoms with van der Waals surface area (Å²) in [4.78, 5) is 15.3. The first kappa shape index (κ1) is 14.6. The number of benzene rings is 1. The van der Waals surface area contributed by atoms with Gasteiger partial charge in [-0.2, -0.15) is 13.2 Å². The maximum atomic E-state index is 12.8. The van der Waals surface area contributed by atoms with Gasteiger partial charge in [0.15, 0.2) is 0 Å². The van der Waals surface area contributed by atoms with Crippen LogP contribution in [0, 0.1) is 5.92 Å². The minimum Gasteiger partial charge on any atom is -0.481 e. The van der Waals surface area contributed by atoms with Crippen LogP contribution in [0.3, 0.4) is 0 Å². The average Bonchev–Trinajstić information content (AvgIpc) is 2.89. The molecule has 1 N–H and O–H groups in total. The molecule has 116 valence electrons. The van der Waals surface area contributed by atoms with Gasteiger partial charge in [-0.05, 0) is 25.0 Å². The summed E-state index contributed by atoms with van der Waals surface area (Å²) in [5.74, 6) is -1.05. The number of carboxylic acids is 1. The number of hydrogen-bond acceptors (Lipinski definition) is 2. The predicted molar refractivity (Wildman–Crippen MR) is 72.1 cm³/mol. The maximum Gasteiger partial charge on any atom is 0.416 e. The molecular weight excluding hydrogens is 297 g/mol. The summed E-state index contributed by atoms with van der Waals surface area (Å²) < 4.78 is 40.1. The third-order valence-corrected chi connectivity index (χ3v) is 3.89. The summed E-state index contributed by atoms with van der Waals surface area (Å²) in [5.41, 5.74) is 0.449. The average molecular weight is 310 g/mol. The molecule has 1 aliphatic rings. The number of rotatable bonds is 2. The van der Waals surface area contributed by atoms with E-state index in [1.807, 2.05) is 0 Å². The van der Waals surface area contributed by atoms with Gasteiger partial charge < -0.3 is 9.67 Å². The van der Waals surface area contributed by atoms with Crippen molar-refractivity contribution < 1.29 is 23.1 Å². The molecule has 0 amide bonds. The van der Waals surface area contributed by atoms with E-state index in [4.69, 9.17) is 5.11 Å². The van der Waals surface area contributed by atoms with Crippen molar-refractivity contribution in [2.45, 2.75) is 25.6 Å². The minimum atomic E-state index is -4.42. The number of carboxylic acid groups (broad SMARTS) is 1. The number of fused-ring (bicyclic) bond motifs is 1. The largest absolute Gasteiger partial charge is 0.481 e. The second-order valence-electron chi connectivity index (χ2n) is 5.34. The third-order valence-electron chi connectivity index (χ3n) is 3.89. The Kier molecular flexibility index (Phi) is 3.42. The summed E-state index contributed by atoms with van der Waals surface area (Å²) >= 11 is 0. The Bertz CT molecular complexity index is 722. The number of aryl methyl sites for hydroxylation is 1. The molecule has 0 aliphatic carbocycles. The fourth-order valence-corrected chi connectivity index (χ4v) is 2.71. The van der Waals surface area contributed by atoms with Crippen molar-refractivity contribution in [1.29, 1.82) is 0 Å². The van der Waals surface area contributed by atoms with Gasteiger partial charge in [0.1, 0.15) is 5.82 Å². The molecule has 0 fully saturated rings. The molecule has 0 saturated heterocycles. The zero-order valence-electron chi connectivity index (χ0n) is 11.5. The second kappa shape index (κ2) is 5.15. The molecule has 1 aromatic heterocycles. The molecule has 22 heavy (non-hydrogen) atoms. The molecule has 1 aliphatic heterocycles. The molecule has 0 radical (unpaired) electrons.